The molecule has 0 aliphatic carbocycles. The van der Waals surface area contributed by atoms with Crippen LogP contribution in [0.5, 0.6) is 0 Å². The summed E-state index contributed by atoms with van der Waals surface area (Å²) in [7, 11) is -1.63. The van der Waals surface area contributed by atoms with Gasteiger partial charge in [-0.15, -0.1) is 0 Å². The van der Waals surface area contributed by atoms with E-state index in [-0.39, 0.29) is 0 Å². The van der Waals surface area contributed by atoms with Gasteiger partial charge in [-0.25, -0.2) is 0 Å². The van der Waals surface area contributed by atoms with Gasteiger partial charge < -0.3 is 0 Å². The molecule has 3 aromatic rings. The number of hydrogen-bond acceptors (Lipinski definition) is 0. The Morgan fingerprint density at radius 3 is 1.00 bits per heavy atom. The van der Waals surface area contributed by atoms with Gasteiger partial charge in [-0.3, -0.25) is 0 Å². The van der Waals surface area contributed by atoms with Crippen molar-refractivity contribution < 1.29 is 5.61 Å². The van der Waals surface area contributed by atoms with E-state index >= 15 is 0 Å². The molecule has 0 nitrogen and oxygen atoms in total. The van der Waals surface area contributed by atoms with Gasteiger partial charge >= 0.3 is 62.1 Å². The van der Waals surface area contributed by atoms with Crippen molar-refractivity contribution >= 4 is 79.6 Å². The van der Waals surface area contributed by atoms with Crippen LogP contribution in [0.1, 0.15) is 84.0 Å². The third-order valence-corrected chi connectivity index (χ3v) is 11.5. The summed E-state index contributed by atoms with van der Waals surface area (Å²) in [5.74, 6) is 0. The van der Waals surface area contributed by atoms with Crippen LogP contribution in [-0.2, 0) is 5.61 Å². The second kappa shape index (κ2) is 20.4. The Labute approximate surface area is 263 Å². The van der Waals surface area contributed by atoms with Crippen LogP contribution in [0.3, 0.4) is 0 Å². The van der Waals surface area contributed by atoms with Crippen molar-refractivity contribution in [2.24, 2.45) is 0 Å². The molecule has 0 saturated carbocycles. The van der Waals surface area contributed by atoms with Crippen LogP contribution in [0.15, 0.2) is 91.0 Å². The van der Waals surface area contributed by atoms with Crippen molar-refractivity contribution in [3.63, 3.8) is 0 Å². The zero-order valence-electron chi connectivity index (χ0n) is 22.7. The van der Waals surface area contributed by atoms with Gasteiger partial charge in [-0.1, -0.05) is 126 Å². The standard InChI is InChI=1S/C32H44P.4BrH.Fe/c1-2-3-4-5-6-7-8-9-10-11-12-22-29-33(30-23-16-13-17-24-30,31-25-18-14-19-26-31)32-27-20-15-21-28-32;;;;;/h13-21,23-28H,2-12,22,29H2,1H3;4*1H;/q+1;;;;;+3/p-4. The van der Waals surface area contributed by atoms with Gasteiger partial charge in [0.25, 0.3) is 0 Å². The van der Waals surface area contributed by atoms with E-state index in [2.05, 4.69) is 154 Å². The van der Waals surface area contributed by atoms with Crippen molar-refractivity contribution in [3.05, 3.63) is 91.0 Å². The molecule has 0 heterocycles. The minimum atomic E-state index is -1.63. The Morgan fingerprint density at radius 2 is 0.711 bits per heavy atom. The van der Waals surface area contributed by atoms with E-state index in [0.717, 1.165) is 0 Å². The Kier molecular flexibility index (Phi) is 18.7. The van der Waals surface area contributed by atoms with Gasteiger partial charge in [-0.2, -0.15) is 0 Å². The fraction of sp³-hybridized carbons (Fsp3) is 0.438. The Balaban J connectivity index is 0.000000926. The molecule has 213 valence electrons. The first-order valence-corrected chi connectivity index (χ1v) is 26.9. The first kappa shape index (κ1) is 34.7. The van der Waals surface area contributed by atoms with Gasteiger partial charge in [0, 0.05) is 0 Å². The van der Waals surface area contributed by atoms with Crippen LogP contribution in [0.4, 0.5) is 0 Å². The van der Waals surface area contributed by atoms with Gasteiger partial charge in [0.1, 0.15) is 23.2 Å². The molecule has 6 heteroatoms. The number of hydrogen-bond donors (Lipinski definition) is 0. The number of unbranched alkanes of at least 4 members (excludes halogenated alkanes) is 11. The molecule has 3 rings (SSSR count). The van der Waals surface area contributed by atoms with Crippen molar-refractivity contribution in [2.45, 2.75) is 84.0 Å². The van der Waals surface area contributed by atoms with Gasteiger partial charge in [0.2, 0.25) is 0 Å². The Bertz CT molecular complexity index is 862. The normalized spacial score (nSPS) is 12.0. The van der Waals surface area contributed by atoms with E-state index in [1.54, 1.807) is 0 Å². The maximum atomic E-state index is 3.25. The number of halogens is 4. The van der Waals surface area contributed by atoms with Crippen molar-refractivity contribution in [1.82, 2.24) is 0 Å². The van der Waals surface area contributed by atoms with E-state index < -0.39 is 12.9 Å². The van der Waals surface area contributed by atoms with Gasteiger partial charge in [-0.05, 0) is 49.2 Å². The van der Waals surface area contributed by atoms with Crippen molar-refractivity contribution in [3.8, 4) is 0 Å². The average Bonchev–Trinajstić information content (AvgIpc) is 2.92. The third-order valence-electron chi connectivity index (χ3n) is 6.94. The molecule has 0 unspecified atom stereocenters. The van der Waals surface area contributed by atoms with E-state index in [4.69, 9.17) is 0 Å². The molecule has 0 bridgehead atoms. The summed E-state index contributed by atoms with van der Waals surface area (Å²) in [6, 6.07) is 34.0. The summed E-state index contributed by atoms with van der Waals surface area (Å²) in [6.07, 6.45) is 18.1. The molecule has 3 aromatic carbocycles. The predicted molar refractivity (Wildman–Crippen MR) is 187 cm³/mol. The Morgan fingerprint density at radius 1 is 0.447 bits per heavy atom. The van der Waals surface area contributed by atoms with Crippen LogP contribution in [0.25, 0.3) is 0 Å². The predicted octanol–water partition coefficient (Wildman–Crippen LogP) is 12.1. The van der Waals surface area contributed by atoms with Crippen molar-refractivity contribution in [2.75, 3.05) is 6.16 Å². The molecule has 0 spiro atoms. The van der Waals surface area contributed by atoms with Gasteiger partial charge in [0.05, 0.1) is 6.16 Å². The summed E-state index contributed by atoms with van der Waals surface area (Å²) >= 11 is 13.0. The Hall–Kier alpha value is 0.529. The fourth-order valence-corrected chi connectivity index (χ4v) is 9.48. The van der Waals surface area contributed by atoms with Crippen LogP contribution in [0.2, 0.25) is 0 Å². The molecule has 0 N–H and O–H groups in total. The average molecular weight is 835 g/mol. The third kappa shape index (κ3) is 13.9. The van der Waals surface area contributed by atoms with Crippen LogP contribution < -0.4 is 15.9 Å². The summed E-state index contributed by atoms with van der Waals surface area (Å²) in [4.78, 5) is 0. The number of benzene rings is 3. The second-order valence-electron chi connectivity index (χ2n) is 9.73. The molecule has 0 aliphatic rings. The number of rotatable bonds is 16. The SMILES string of the molecule is CCCCCCCCCCCCCC[P+](c1ccccc1)(c1ccccc1)c1ccccc1.[Br][Fe-]([Br])([Br])[Br]. The van der Waals surface area contributed by atoms with E-state index in [0.29, 0.717) is 0 Å². The molecule has 0 aromatic heterocycles. The fourth-order valence-electron chi connectivity index (χ4n) is 5.07. The summed E-state index contributed by atoms with van der Waals surface area (Å²) < 4.78 is 0. The molecular formula is C32H44Br4FeP. The summed E-state index contributed by atoms with van der Waals surface area (Å²) in [5.41, 5.74) is -1.25. The van der Waals surface area contributed by atoms with Crippen LogP contribution in [-0.4, -0.2) is 6.16 Å². The molecule has 0 fully saturated rings. The monoisotopic (exact) mass is 831 g/mol. The second-order valence-corrected chi connectivity index (χ2v) is 46.8. The van der Waals surface area contributed by atoms with Crippen LogP contribution in [0, 0.1) is 0 Å². The first-order valence-electron chi connectivity index (χ1n) is 14.0. The molecule has 0 amide bonds. The van der Waals surface area contributed by atoms with Crippen LogP contribution >= 0.6 is 63.7 Å². The zero-order chi connectivity index (χ0) is 27.5. The molecule has 0 saturated heterocycles. The minimum absolute atomic E-state index is 1.25. The zero-order valence-corrected chi connectivity index (χ0v) is 31.0. The van der Waals surface area contributed by atoms with Gasteiger partial charge in [0.15, 0.2) is 0 Å². The summed E-state index contributed by atoms with van der Waals surface area (Å²) in [5, 5.41) is 4.56. The van der Waals surface area contributed by atoms with E-state index in [1.807, 2.05) is 0 Å². The topological polar surface area (TPSA) is 0 Å². The quantitative estimate of drug-likeness (QED) is 0.0766. The summed E-state index contributed by atoms with van der Waals surface area (Å²) in [6.45, 7) is 2.30. The van der Waals surface area contributed by atoms with Crippen molar-refractivity contribution in [1.29, 1.82) is 0 Å². The maximum absolute atomic E-state index is 3.25. The van der Waals surface area contributed by atoms with E-state index in [1.165, 1.54) is 99.1 Å². The molecule has 0 radical (unpaired) electrons. The molecule has 0 atom stereocenters. The molecule has 38 heavy (non-hydrogen) atoms. The molecular weight excluding hydrogens is 791 g/mol. The van der Waals surface area contributed by atoms with E-state index in [9.17, 15) is 0 Å². The first-order chi connectivity index (χ1) is 18.4. The molecule has 0 aliphatic heterocycles.